The molecule has 0 bridgehead atoms. The Morgan fingerprint density at radius 3 is 2.78 bits per heavy atom. The van der Waals surface area contributed by atoms with Gasteiger partial charge in [0.2, 0.25) is 0 Å². The first kappa shape index (κ1) is 16.8. The van der Waals surface area contributed by atoms with Crippen molar-refractivity contribution in [2.24, 2.45) is 0 Å². The monoisotopic (exact) mass is 327 g/mol. The first-order valence-electron chi connectivity index (χ1n) is 8.01. The Bertz CT molecular complexity index is 527. The molecule has 2 fully saturated rings. The average Bonchev–Trinajstić information content (AvgIpc) is 2.97. The van der Waals surface area contributed by atoms with Crippen LogP contribution in [0.4, 0.5) is 0 Å². The lowest BCUT2D eigenvalue weighted by Crippen LogP contribution is -2.57. The molecule has 23 heavy (non-hydrogen) atoms. The van der Waals surface area contributed by atoms with Crippen molar-refractivity contribution in [3.05, 3.63) is 11.9 Å². The molecule has 1 aromatic heterocycles. The molecule has 2 aliphatic heterocycles. The third-order valence-electron chi connectivity index (χ3n) is 5.20. The SMILES string of the molecule is CCC1(c2cn(CC3(CO)OCC(OC)CC3O)nn2)COC1. The van der Waals surface area contributed by atoms with Crippen molar-refractivity contribution in [1.82, 2.24) is 15.0 Å². The van der Waals surface area contributed by atoms with Crippen LogP contribution in [0.3, 0.4) is 0 Å². The summed E-state index contributed by atoms with van der Waals surface area (Å²) in [6, 6.07) is 0. The van der Waals surface area contributed by atoms with E-state index >= 15 is 0 Å². The maximum absolute atomic E-state index is 10.4. The fraction of sp³-hybridized carbons (Fsp3) is 0.867. The fourth-order valence-electron chi connectivity index (χ4n) is 3.18. The summed E-state index contributed by atoms with van der Waals surface area (Å²) in [5.74, 6) is 0. The highest BCUT2D eigenvalue weighted by Gasteiger charge is 2.46. The van der Waals surface area contributed by atoms with Gasteiger partial charge < -0.3 is 24.4 Å². The summed E-state index contributed by atoms with van der Waals surface area (Å²) in [4.78, 5) is 0. The van der Waals surface area contributed by atoms with Crippen LogP contribution < -0.4 is 0 Å². The van der Waals surface area contributed by atoms with Crippen molar-refractivity contribution in [3.8, 4) is 0 Å². The van der Waals surface area contributed by atoms with E-state index in [-0.39, 0.29) is 24.7 Å². The Hall–Kier alpha value is -1.06. The highest BCUT2D eigenvalue weighted by atomic mass is 16.6. The maximum atomic E-state index is 10.4. The minimum atomic E-state index is -1.07. The number of rotatable bonds is 6. The molecule has 8 nitrogen and oxygen atoms in total. The summed E-state index contributed by atoms with van der Waals surface area (Å²) in [6.45, 7) is 3.71. The third kappa shape index (κ3) is 2.89. The zero-order valence-electron chi connectivity index (χ0n) is 13.6. The Morgan fingerprint density at radius 1 is 1.48 bits per heavy atom. The molecule has 0 amide bonds. The largest absolute Gasteiger partial charge is 0.393 e. The van der Waals surface area contributed by atoms with E-state index in [9.17, 15) is 10.2 Å². The van der Waals surface area contributed by atoms with Crippen LogP contribution in [-0.2, 0) is 26.2 Å². The van der Waals surface area contributed by atoms with E-state index in [1.54, 1.807) is 11.8 Å². The smallest absolute Gasteiger partial charge is 0.137 e. The number of nitrogens with zero attached hydrogens (tertiary/aromatic N) is 3. The second-order valence-corrected chi connectivity index (χ2v) is 6.57. The molecule has 3 rings (SSSR count). The van der Waals surface area contributed by atoms with E-state index in [2.05, 4.69) is 17.2 Å². The molecule has 2 saturated heterocycles. The minimum Gasteiger partial charge on any atom is -0.393 e. The van der Waals surface area contributed by atoms with Gasteiger partial charge in [-0.1, -0.05) is 12.1 Å². The Kier molecular flexibility index (Phi) is 4.70. The van der Waals surface area contributed by atoms with Crippen molar-refractivity contribution in [2.45, 2.75) is 49.5 Å². The van der Waals surface area contributed by atoms with Gasteiger partial charge in [-0.2, -0.15) is 0 Å². The molecule has 0 aliphatic carbocycles. The summed E-state index contributed by atoms with van der Waals surface area (Å²) < 4.78 is 17.9. The topological polar surface area (TPSA) is 98.9 Å². The highest BCUT2D eigenvalue weighted by molar-refractivity contribution is 5.16. The fourth-order valence-corrected chi connectivity index (χ4v) is 3.18. The van der Waals surface area contributed by atoms with Crippen molar-refractivity contribution >= 4 is 0 Å². The van der Waals surface area contributed by atoms with Crippen LogP contribution in [0.15, 0.2) is 6.20 Å². The standard InChI is InChI=1S/C15H25N3O5/c1-3-14(9-22-10-14)12-5-18(17-16-12)7-15(8-19)13(20)4-11(21-2)6-23-15/h5,11,13,19-20H,3-4,6-10H2,1-2H3. The molecular formula is C15H25N3O5. The summed E-state index contributed by atoms with van der Waals surface area (Å²) in [6.07, 6.45) is 2.23. The van der Waals surface area contributed by atoms with Gasteiger partial charge in [0, 0.05) is 19.7 Å². The normalized spacial score (nSPS) is 33.4. The highest BCUT2D eigenvalue weighted by Crippen LogP contribution is 2.34. The van der Waals surface area contributed by atoms with E-state index in [4.69, 9.17) is 14.2 Å². The van der Waals surface area contributed by atoms with Crippen LogP contribution in [0.2, 0.25) is 0 Å². The lowest BCUT2D eigenvalue weighted by Gasteiger charge is -2.42. The minimum absolute atomic E-state index is 0.0577. The van der Waals surface area contributed by atoms with Crippen molar-refractivity contribution in [1.29, 1.82) is 0 Å². The van der Waals surface area contributed by atoms with Crippen molar-refractivity contribution in [3.63, 3.8) is 0 Å². The maximum Gasteiger partial charge on any atom is 0.137 e. The summed E-state index contributed by atoms with van der Waals surface area (Å²) >= 11 is 0. The molecule has 0 spiro atoms. The third-order valence-corrected chi connectivity index (χ3v) is 5.20. The molecule has 2 aliphatic rings. The van der Waals surface area contributed by atoms with E-state index in [1.807, 2.05) is 6.20 Å². The number of methoxy groups -OCH3 is 1. The number of hydrogen-bond donors (Lipinski definition) is 2. The molecule has 3 atom stereocenters. The van der Waals surface area contributed by atoms with Gasteiger partial charge in [-0.25, -0.2) is 4.68 Å². The van der Waals surface area contributed by atoms with Gasteiger partial charge in [0.05, 0.1) is 56.3 Å². The summed E-state index contributed by atoms with van der Waals surface area (Å²) in [5.41, 5.74) is -0.243. The molecule has 2 N–H and O–H groups in total. The van der Waals surface area contributed by atoms with Gasteiger partial charge in [0.1, 0.15) is 5.60 Å². The van der Waals surface area contributed by atoms with Crippen LogP contribution in [0.25, 0.3) is 0 Å². The van der Waals surface area contributed by atoms with Crippen molar-refractivity contribution < 1.29 is 24.4 Å². The lowest BCUT2D eigenvalue weighted by molar-refractivity contribution is -0.214. The van der Waals surface area contributed by atoms with Crippen LogP contribution in [0, 0.1) is 0 Å². The summed E-state index contributed by atoms with van der Waals surface area (Å²) in [7, 11) is 1.58. The number of ether oxygens (including phenoxy) is 3. The molecule has 3 unspecified atom stereocenters. The quantitative estimate of drug-likeness (QED) is 0.725. The van der Waals surface area contributed by atoms with E-state index in [0.29, 0.717) is 26.2 Å². The average molecular weight is 327 g/mol. The van der Waals surface area contributed by atoms with E-state index < -0.39 is 11.7 Å². The number of aliphatic hydroxyl groups excluding tert-OH is 2. The molecule has 0 aromatic carbocycles. The molecule has 0 radical (unpaired) electrons. The van der Waals surface area contributed by atoms with Crippen LogP contribution in [0.5, 0.6) is 0 Å². The number of aliphatic hydroxyl groups is 2. The Balaban J connectivity index is 1.74. The molecular weight excluding hydrogens is 302 g/mol. The molecule has 3 heterocycles. The van der Waals surface area contributed by atoms with Gasteiger partial charge in [-0.05, 0) is 6.42 Å². The first-order valence-corrected chi connectivity index (χ1v) is 8.01. The molecule has 1 aromatic rings. The van der Waals surface area contributed by atoms with Crippen LogP contribution in [-0.4, -0.2) is 76.6 Å². The predicted octanol–water partition coefficient (Wildman–Crippen LogP) is -0.517. The van der Waals surface area contributed by atoms with Gasteiger partial charge >= 0.3 is 0 Å². The summed E-state index contributed by atoms with van der Waals surface area (Å²) in [5, 5.41) is 28.6. The van der Waals surface area contributed by atoms with Gasteiger partial charge in [-0.15, -0.1) is 5.10 Å². The van der Waals surface area contributed by atoms with Gasteiger partial charge in [0.15, 0.2) is 0 Å². The zero-order chi connectivity index (χ0) is 16.5. The van der Waals surface area contributed by atoms with Crippen LogP contribution >= 0.6 is 0 Å². The number of aromatic nitrogens is 3. The van der Waals surface area contributed by atoms with E-state index in [1.165, 1.54) is 0 Å². The van der Waals surface area contributed by atoms with Crippen LogP contribution in [0.1, 0.15) is 25.5 Å². The lowest BCUT2D eigenvalue weighted by atomic mass is 9.80. The second kappa shape index (κ2) is 6.45. The first-order chi connectivity index (χ1) is 11.1. The zero-order valence-corrected chi connectivity index (χ0v) is 13.6. The van der Waals surface area contributed by atoms with Gasteiger partial charge in [-0.3, -0.25) is 0 Å². The molecule has 8 heteroatoms. The Morgan fingerprint density at radius 2 is 2.26 bits per heavy atom. The van der Waals surface area contributed by atoms with Gasteiger partial charge in [0.25, 0.3) is 0 Å². The predicted molar refractivity (Wildman–Crippen MR) is 80.0 cm³/mol. The van der Waals surface area contributed by atoms with Crippen molar-refractivity contribution in [2.75, 3.05) is 33.5 Å². The number of hydrogen-bond acceptors (Lipinski definition) is 7. The second-order valence-electron chi connectivity index (χ2n) is 6.57. The molecule has 130 valence electrons. The Labute approximate surface area is 135 Å². The van der Waals surface area contributed by atoms with E-state index in [0.717, 1.165) is 12.1 Å². The molecule has 0 saturated carbocycles.